The molecular formula is C14H18N2O4. The molecule has 0 saturated heterocycles. The van der Waals surface area contributed by atoms with E-state index in [0.717, 1.165) is 16.7 Å². The average molecular weight is 278 g/mol. The Morgan fingerprint density at radius 1 is 1.10 bits per heavy atom. The zero-order chi connectivity index (χ0) is 15.3. The van der Waals surface area contributed by atoms with Crippen molar-refractivity contribution in [1.29, 1.82) is 0 Å². The molecule has 0 heterocycles. The van der Waals surface area contributed by atoms with Gasteiger partial charge in [0, 0.05) is 7.05 Å². The molecule has 0 aromatic heterocycles. The quantitative estimate of drug-likeness (QED) is 0.814. The number of hydrogen-bond donors (Lipinski definition) is 2. The van der Waals surface area contributed by atoms with Crippen molar-refractivity contribution >= 4 is 17.9 Å². The molecule has 2 N–H and O–H groups in total. The van der Waals surface area contributed by atoms with E-state index in [-0.39, 0.29) is 0 Å². The highest BCUT2D eigenvalue weighted by Crippen LogP contribution is 2.17. The summed E-state index contributed by atoms with van der Waals surface area (Å²) in [5, 5.41) is 4.24. The summed E-state index contributed by atoms with van der Waals surface area (Å²) < 4.78 is 4.91. The first-order chi connectivity index (χ1) is 9.35. The van der Waals surface area contributed by atoms with Gasteiger partial charge in [-0.05, 0) is 31.9 Å². The summed E-state index contributed by atoms with van der Waals surface area (Å²) in [7, 11) is 1.38. The number of urea groups is 1. The van der Waals surface area contributed by atoms with E-state index < -0.39 is 24.5 Å². The van der Waals surface area contributed by atoms with E-state index in [4.69, 9.17) is 4.74 Å². The van der Waals surface area contributed by atoms with Crippen molar-refractivity contribution in [3.63, 3.8) is 0 Å². The van der Waals surface area contributed by atoms with Gasteiger partial charge >= 0.3 is 12.0 Å². The lowest BCUT2D eigenvalue weighted by Gasteiger charge is -2.11. The molecule has 0 radical (unpaired) electrons. The molecule has 3 amide bonds. The standard InChI is InChI=1S/C14H18N2O4/c1-8-5-9(2)12(10(3)6-8)13(18)20-7-11(17)16-14(19)15-4/h5-6H,7H2,1-4H3,(H2,15,16,17,19). The van der Waals surface area contributed by atoms with Crippen LogP contribution in [0.15, 0.2) is 12.1 Å². The van der Waals surface area contributed by atoms with Crippen molar-refractivity contribution in [2.24, 2.45) is 0 Å². The molecule has 0 aliphatic heterocycles. The van der Waals surface area contributed by atoms with Gasteiger partial charge in [0.15, 0.2) is 6.61 Å². The maximum Gasteiger partial charge on any atom is 0.339 e. The van der Waals surface area contributed by atoms with Crippen molar-refractivity contribution in [2.75, 3.05) is 13.7 Å². The number of nitrogens with one attached hydrogen (secondary N) is 2. The zero-order valence-corrected chi connectivity index (χ0v) is 12.0. The Labute approximate surface area is 117 Å². The number of amides is 3. The van der Waals surface area contributed by atoms with Crippen LogP contribution in [0.3, 0.4) is 0 Å². The second-order valence-corrected chi connectivity index (χ2v) is 4.48. The van der Waals surface area contributed by atoms with E-state index in [1.807, 2.05) is 24.4 Å². The fraction of sp³-hybridized carbons (Fsp3) is 0.357. The molecule has 0 aliphatic rings. The lowest BCUT2D eigenvalue weighted by Crippen LogP contribution is -2.39. The molecule has 0 spiro atoms. The van der Waals surface area contributed by atoms with E-state index in [9.17, 15) is 14.4 Å². The Hall–Kier alpha value is -2.37. The lowest BCUT2D eigenvalue weighted by atomic mass is 10.00. The molecule has 0 unspecified atom stereocenters. The number of esters is 1. The van der Waals surface area contributed by atoms with Gasteiger partial charge in [-0.15, -0.1) is 0 Å². The molecule has 108 valence electrons. The second-order valence-electron chi connectivity index (χ2n) is 4.48. The van der Waals surface area contributed by atoms with Crippen LogP contribution in [0, 0.1) is 20.8 Å². The van der Waals surface area contributed by atoms with Gasteiger partial charge in [-0.1, -0.05) is 17.7 Å². The number of benzene rings is 1. The van der Waals surface area contributed by atoms with Gasteiger partial charge in [0.05, 0.1) is 5.56 Å². The summed E-state index contributed by atoms with van der Waals surface area (Å²) in [6.07, 6.45) is 0. The van der Waals surface area contributed by atoms with Gasteiger partial charge < -0.3 is 10.1 Å². The van der Waals surface area contributed by atoms with E-state index in [1.54, 1.807) is 13.8 Å². The Bertz CT molecular complexity index is 529. The smallest absolute Gasteiger partial charge is 0.339 e. The molecule has 1 rings (SSSR count). The normalized spacial score (nSPS) is 9.80. The summed E-state index contributed by atoms with van der Waals surface area (Å²) in [6.45, 7) is 5.05. The van der Waals surface area contributed by atoms with Crippen LogP contribution < -0.4 is 10.6 Å². The fourth-order valence-corrected chi connectivity index (χ4v) is 1.93. The highest BCUT2D eigenvalue weighted by molar-refractivity contribution is 5.97. The van der Waals surface area contributed by atoms with Gasteiger partial charge in [0.25, 0.3) is 5.91 Å². The molecule has 1 aromatic carbocycles. The predicted octanol–water partition coefficient (Wildman–Crippen LogP) is 1.22. The molecule has 1 aromatic rings. The predicted molar refractivity (Wildman–Crippen MR) is 73.5 cm³/mol. The first-order valence-corrected chi connectivity index (χ1v) is 6.11. The molecule has 0 fully saturated rings. The minimum atomic E-state index is -0.680. The lowest BCUT2D eigenvalue weighted by molar-refractivity contribution is -0.123. The highest BCUT2D eigenvalue weighted by Gasteiger charge is 2.16. The Morgan fingerprint density at radius 2 is 1.65 bits per heavy atom. The highest BCUT2D eigenvalue weighted by atomic mass is 16.5. The Balaban J connectivity index is 2.69. The number of hydrogen-bond acceptors (Lipinski definition) is 4. The van der Waals surface area contributed by atoms with Crippen LogP contribution >= 0.6 is 0 Å². The van der Waals surface area contributed by atoms with Crippen molar-refractivity contribution in [1.82, 2.24) is 10.6 Å². The molecule has 0 saturated carbocycles. The molecule has 6 nitrogen and oxygen atoms in total. The maximum atomic E-state index is 12.0. The molecule has 20 heavy (non-hydrogen) atoms. The third-order valence-electron chi connectivity index (χ3n) is 2.70. The minimum absolute atomic E-state index is 0.448. The maximum absolute atomic E-state index is 12.0. The van der Waals surface area contributed by atoms with E-state index in [0.29, 0.717) is 5.56 Å². The third kappa shape index (κ3) is 4.08. The van der Waals surface area contributed by atoms with Gasteiger partial charge in [0.1, 0.15) is 0 Å². The molecule has 6 heteroatoms. The summed E-state index contributed by atoms with van der Waals surface area (Å²) in [4.78, 5) is 34.2. The largest absolute Gasteiger partial charge is 0.452 e. The van der Waals surface area contributed by atoms with Crippen LogP contribution in [0.25, 0.3) is 0 Å². The monoisotopic (exact) mass is 278 g/mol. The number of imide groups is 1. The van der Waals surface area contributed by atoms with Crippen LogP contribution in [0.4, 0.5) is 4.79 Å². The summed E-state index contributed by atoms with van der Waals surface area (Å²) in [5.41, 5.74) is 3.08. The van der Waals surface area contributed by atoms with Crippen LogP contribution in [0.1, 0.15) is 27.0 Å². The minimum Gasteiger partial charge on any atom is -0.452 e. The van der Waals surface area contributed by atoms with Gasteiger partial charge in [0.2, 0.25) is 0 Å². The number of carbonyl (C=O) groups is 3. The molecular weight excluding hydrogens is 260 g/mol. The number of aryl methyl sites for hydroxylation is 3. The molecule has 0 atom stereocenters. The average Bonchev–Trinajstić information content (AvgIpc) is 2.34. The van der Waals surface area contributed by atoms with Crippen molar-refractivity contribution in [3.8, 4) is 0 Å². The third-order valence-corrected chi connectivity index (χ3v) is 2.70. The van der Waals surface area contributed by atoms with Gasteiger partial charge in [-0.25, -0.2) is 9.59 Å². The van der Waals surface area contributed by atoms with E-state index in [2.05, 4.69) is 5.32 Å². The topological polar surface area (TPSA) is 84.5 Å². The van der Waals surface area contributed by atoms with Crippen LogP contribution in [-0.2, 0) is 9.53 Å². The Morgan fingerprint density at radius 3 is 2.15 bits per heavy atom. The van der Waals surface area contributed by atoms with Gasteiger partial charge in [-0.2, -0.15) is 0 Å². The van der Waals surface area contributed by atoms with Crippen molar-refractivity contribution < 1.29 is 19.1 Å². The number of ether oxygens (including phenoxy) is 1. The van der Waals surface area contributed by atoms with E-state index >= 15 is 0 Å². The zero-order valence-electron chi connectivity index (χ0n) is 12.0. The fourth-order valence-electron chi connectivity index (χ4n) is 1.93. The van der Waals surface area contributed by atoms with Crippen LogP contribution in [0.2, 0.25) is 0 Å². The molecule has 0 aliphatic carbocycles. The summed E-state index contributed by atoms with van der Waals surface area (Å²) >= 11 is 0. The van der Waals surface area contributed by atoms with Crippen molar-refractivity contribution in [3.05, 3.63) is 34.4 Å². The SMILES string of the molecule is CNC(=O)NC(=O)COC(=O)c1c(C)cc(C)cc1C. The Kier molecular flexibility index (Phi) is 5.25. The molecule has 0 bridgehead atoms. The first kappa shape index (κ1) is 15.7. The van der Waals surface area contributed by atoms with Crippen molar-refractivity contribution in [2.45, 2.75) is 20.8 Å². The van der Waals surface area contributed by atoms with E-state index in [1.165, 1.54) is 7.05 Å². The number of carbonyl (C=O) groups excluding carboxylic acids is 3. The van der Waals surface area contributed by atoms with Crippen LogP contribution in [-0.4, -0.2) is 31.6 Å². The van der Waals surface area contributed by atoms with Crippen LogP contribution in [0.5, 0.6) is 0 Å². The van der Waals surface area contributed by atoms with Gasteiger partial charge in [-0.3, -0.25) is 10.1 Å². The number of rotatable bonds is 3. The second kappa shape index (κ2) is 6.70. The first-order valence-electron chi connectivity index (χ1n) is 6.11. The summed E-state index contributed by atoms with van der Waals surface area (Å²) in [6, 6.07) is 3.09. The summed E-state index contributed by atoms with van der Waals surface area (Å²) in [5.74, 6) is -1.26.